The highest BCUT2D eigenvalue weighted by molar-refractivity contribution is 5.67. The van der Waals surface area contributed by atoms with E-state index in [1.807, 2.05) is 24.4 Å². The average Bonchev–Trinajstić information content (AvgIpc) is 2.92. The first-order valence-corrected chi connectivity index (χ1v) is 12.5. The van der Waals surface area contributed by atoms with E-state index in [1.54, 1.807) is 24.7 Å². The molecule has 5 rings (SSSR count). The fourth-order valence-corrected chi connectivity index (χ4v) is 5.26. The number of fused-ring (bicyclic) bond motifs is 1. The van der Waals surface area contributed by atoms with Crippen molar-refractivity contribution in [2.75, 3.05) is 58.5 Å². The van der Waals surface area contributed by atoms with Crippen LogP contribution in [0.1, 0.15) is 25.3 Å². The zero-order valence-electron chi connectivity index (χ0n) is 20.8. The second-order valence-electron chi connectivity index (χ2n) is 9.19. The highest BCUT2D eigenvalue weighted by Gasteiger charge is 2.26. The van der Waals surface area contributed by atoms with Crippen LogP contribution in [0, 0.1) is 0 Å². The van der Waals surface area contributed by atoms with Gasteiger partial charge in [-0.15, -0.1) is 0 Å². The quantitative estimate of drug-likeness (QED) is 0.539. The number of hydrogen-bond donors (Lipinski definition) is 0. The molecular formula is C27H34N4O4. The molecule has 0 aliphatic carbocycles. The number of piperidine rings is 1. The van der Waals surface area contributed by atoms with Crippen LogP contribution in [-0.4, -0.2) is 73.9 Å². The number of anilines is 1. The van der Waals surface area contributed by atoms with Crippen LogP contribution in [0.5, 0.6) is 11.5 Å². The number of ether oxygens (including phenoxy) is 3. The Morgan fingerprint density at radius 2 is 1.74 bits per heavy atom. The van der Waals surface area contributed by atoms with E-state index in [0.717, 1.165) is 75.5 Å². The van der Waals surface area contributed by atoms with Crippen molar-refractivity contribution in [3.8, 4) is 22.8 Å². The Labute approximate surface area is 206 Å². The van der Waals surface area contributed by atoms with Crippen molar-refractivity contribution in [2.45, 2.75) is 32.2 Å². The van der Waals surface area contributed by atoms with Crippen LogP contribution in [0.3, 0.4) is 0 Å². The molecule has 0 saturated carbocycles. The molecule has 2 fully saturated rings. The maximum atomic E-state index is 13.2. The summed E-state index contributed by atoms with van der Waals surface area (Å²) >= 11 is 0. The molecule has 8 heteroatoms. The van der Waals surface area contributed by atoms with Crippen LogP contribution in [0.2, 0.25) is 0 Å². The van der Waals surface area contributed by atoms with E-state index in [2.05, 4.69) is 22.8 Å². The lowest BCUT2D eigenvalue weighted by molar-refractivity contribution is 0.0115. The summed E-state index contributed by atoms with van der Waals surface area (Å²) in [6, 6.07) is 10.0. The zero-order chi connectivity index (χ0) is 24.4. The lowest BCUT2D eigenvalue weighted by Gasteiger charge is -2.40. The van der Waals surface area contributed by atoms with Gasteiger partial charge in [0.05, 0.1) is 38.8 Å². The number of pyridine rings is 1. The summed E-state index contributed by atoms with van der Waals surface area (Å²) in [5.41, 5.74) is 4.23. The molecule has 2 aliphatic heterocycles. The maximum Gasteiger partial charge on any atom is 0.258 e. The third-order valence-electron chi connectivity index (χ3n) is 7.27. The lowest BCUT2D eigenvalue weighted by atomic mass is 10.0. The van der Waals surface area contributed by atoms with Crippen molar-refractivity contribution in [2.24, 2.45) is 0 Å². The molecule has 0 bridgehead atoms. The topological polar surface area (TPSA) is 68.5 Å². The average molecular weight is 479 g/mol. The molecule has 8 nitrogen and oxygen atoms in total. The summed E-state index contributed by atoms with van der Waals surface area (Å²) < 4.78 is 18.0. The Balaban J connectivity index is 1.44. The van der Waals surface area contributed by atoms with Crippen molar-refractivity contribution in [1.29, 1.82) is 0 Å². The van der Waals surface area contributed by atoms with Crippen molar-refractivity contribution in [1.82, 2.24) is 14.3 Å². The van der Waals surface area contributed by atoms with E-state index >= 15 is 0 Å². The minimum Gasteiger partial charge on any atom is -0.493 e. The highest BCUT2D eigenvalue weighted by atomic mass is 16.5. The fraction of sp³-hybridized carbons (Fsp3) is 0.481. The van der Waals surface area contributed by atoms with E-state index in [1.165, 1.54) is 0 Å². The van der Waals surface area contributed by atoms with Gasteiger partial charge in [-0.1, -0.05) is 6.92 Å². The first-order chi connectivity index (χ1) is 17.1. The Bertz CT molecular complexity index is 1240. The van der Waals surface area contributed by atoms with Gasteiger partial charge < -0.3 is 19.1 Å². The molecule has 0 atom stereocenters. The summed E-state index contributed by atoms with van der Waals surface area (Å²) in [5.74, 6) is 1.25. The standard InChI is InChI=1S/C27H34N4O4/c1-4-19-15-22(29-9-7-21(8-10-29)30-11-13-35-14-12-30)18-31-26(32)17-23(28-27(19)31)20-5-6-24(33-2)25(16-20)34-3/h5-6,15-18,21H,4,7-14H2,1-3H3. The Morgan fingerprint density at radius 1 is 1.00 bits per heavy atom. The molecule has 2 aliphatic rings. The predicted octanol–water partition coefficient (Wildman–Crippen LogP) is 3.24. The van der Waals surface area contributed by atoms with E-state index in [-0.39, 0.29) is 5.56 Å². The number of benzene rings is 1. The third-order valence-corrected chi connectivity index (χ3v) is 7.27. The van der Waals surface area contributed by atoms with E-state index in [9.17, 15) is 4.79 Å². The van der Waals surface area contributed by atoms with Crippen LogP contribution >= 0.6 is 0 Å². The monoisotopic (exact) mass is 478 g/mol. The third kappa shape index (κ3) is 4.73. The SMILES string of the molecule is CCc1cc(N2CCC(N3CCOCC3)CC2)cn2c(=O)cc(-c3ccc(OC)c(OC)c3)nc12. The number of methoxy groups -OCH3 is 2. The second-order valence-corrected chi connectivity index (χ2v) is 9.19. The zero-order valence-corrected chi connectivity index (χ0v) is 20.8. The largest absolute Gasteiger partial charge is 0.493 e. The predicted molar refractivity (Wildman–Crippen MR) is 137 cm³/mol. The van der Waals surface area contributed by atoms with Gasteiger partial charge in [-0.3, -0.25) is 14.1 Å². The van der Waals surface area contributed by atoms with Gasteiger partial charge in [0.25, 0.3) is 5.56 Å². The molecule has 0 N–H and O–H groups in total. The molecule has 186 valence electrons. The van der Waals surface area contributed by atoms with Gasteiger partial charge >= 0.3 is 0 Å². The molecule has 0 spiro atoms. The molecule has 1 aromatic carbocycles. The van der Waals surface area contributed by atoms with E-state index in [0.29, 0.717) is 28.9 Å². The van der Waals surface area contributed by atoms with Gasteiger partial charge in [0.2, 0.25) is 0 Å². The molecule has 4 heterocycles. The summed E-state index contributed by atoms with van der Waals surface area (Å²) in [7, 11) is 3.21. The van der Waals surface area contributed by atoms with Gasteiger partial charge in [0, 0.05) is 50.0 Å². The number of aryl methyl sites for hydroxylation is 1. The lowest BCUT2D eigenvalue weighted by Crippen LogP contribution is -2.49. The number of hydrogen-bond acceptors (Lipinski definition) is 7. The molecule has 0 unspecified atom stereocenters. The summed E-state index contributed by atoms with van der Waals surface area (Å²) in [6.07, 6.45) is 5.01. The van der Waals surface area contributed by atoms with Gasteiger partial charge in [0.1, 0.15) is 5.65 Å². The van der Waals surface area contributed by atoms with Crippen LogP contribution in [0.25, 0.3) is 16.9 Å². The van der Waals surface area contributed by atoms with Crippen LogP contribution in [0.4, 0.5) is 5.69 Å². The molecule has 0 radical (unpaired) electrons. The van der Waals surface area contributed by atoms with Crippen LogP contribution in [0.15, 0.2) is 41.3 Å². The molecular weight excluding hydrogens is 444 g/mol. The molecule has 2 aromatic heterocycles. The summed E-state index contributed by atoms with van der Waals surface area (Å²) in [5, 5.41) is 0. The summed E-state index contributed by atoms with van der Waals surface area (Å²) in [4.78, 5) is 23.1. The smallest absolute Gasteiger partial charge is 0.258 e. The highest BCUT2D eigenvalue weighted by Crippen LogP contribution is 2.32. The minimum atomic E-state index is -0.0838. The van der Waals surface area contributed by atoms with Gasteiger partial charge in [-0.05, 0) is 49.1 Å². The van der Waals surface area contributed by atoms with Gasteiger partial charge in [-0.2, -0.15) is 0 Å². The normalized spacial score (nSPS) is 17.6. The Morgan fingerprint density at radius 3 is 2.43 bits per heavy atom. The van der Waals surface area contributed by atoms with Crippen molar-refractivity contribution < 1.29 is 14.2 Å². The Hall–Kier alpha value is -3.10. The molecule has 0 amide bonds. The molecule has 35 heavy (non-hydrogen) atoms. The maximum absolute atomic E-state index is 13.2. The Kier molecular flexibility index (Phi) is 6.92. The fourth-order valence-electron chi connectivity index (χ4n) is 5.26. The number of nitrogens with zero attached hydrogens (tertiary/aromatic N) is 4. The van der Waals surface area contributed by atoms with Gasteiger partial charge in [-0.25, -0.2) is 4.98 Å². The first-order valence-electron chi connectivity index (χ1n) is 12.5. The van der Waals surface area contributed by atoms with Crippen LogP contribution < -0.4 is 19.9 Å². The minimum absolute atomic E-state index is 0.0838. The number of morpholine rings is 1. The second kappa shape index (κ2) is 10.3. The van der Waals surface area contributed by atoms with Gasteiger partial charge in [0.15, 0.2) is 11.5 Å². The van der Waals surface area contributed by atoms with Crippen LogP contribution in [-0.2, 0) is 11.2 Å². The van der Waals surface area contributed by atoms with E-state index in [4.69, 9.17) is 19.2 Å². The van der Waals surface area contributed by atoms with Crippen molar-refractivity contribution >= 4 is 11.3 Å². The van der Waals surface area contributed by atoms with Crippen molar-refractivity contribution in [3.05, 3.63) is 52.4 Å². The van der Waals surface area contributed by atoms with Crippen molar-refractivity contribution in [3.63, 3.8) is 0 Å². The summed E-state index contributed by atoms with van der Waals surface area (Å²) in [6.45, 7) is 7.83. The molecule has 2 saturated heterocycles. The first kappa shape index (κ1) is 23.6. The molecule has 3 aromatic rings. The number of rotatable bonds is 6. The van der Waals surface area contributed by atoms with E-state index < -0.39 is 0 Å². The number of aromatic nitrogens is 2.